The molecule has 4 atom stereocenters. The molecule has 0 unspecified atom stereocenters. The molecular weight excluding hydrogens is 432 g/mol. The Hall–Kier alpha value is -2.68. The maximum absolute atomic E-state index is 13.5. The SMILES string of the molecule is O=C(NCCCN1CCOCC1)[C@@H]1[C@H]2C=C[C@@]3(CN(CCc4c[nH]c5ccccc45)C(=O)[C@@H]13)O2. The van der Waals surface area contributed by atoms with Gasteiger partial charge >= 0.3 is 0 Å². The number of carbonyl (C=O) groups is 2. The van der Waals surface area contributed by atoms with Gasteiger partial charge in [-0.1, -0.05) is 30.4 Å². The molecule has 2 N–H and O–H groups in total. The summed E-state index contributed by atoms with van der Waals surface area (Å²) in [6, 6.07) is 8.21. The molecule has 8 nitrogen and oxygen atoms in total. The van der Waals surface area contributed by atoms with E-state index in [9.17, 15) is 9.59 Å². The lowest BCUT2D eigenvalue weighted by Crippen LogP contribution is -2.45. The van der Waals surface area contributed by atoms with Gasteiger partial charge < -0.3 is 24.7 Å². The molecule has 1 spiro atoms. The maximum atomic E-state index is 13.5. The molecular formula is C26H32N4O4. The van der Waals surface area contributed by atoms with E-state index in [4.69, 9.17) is 9.47 Å². The van der Waals surface area contributed by atoms with E-state index < -0.39 is 17.4 Å². The second kappa shape index (κ2) is 8.83. The Bertz CT molecular complexity index is 1110. The number of carbonyl (C=O) groups excluding carboxylic acids is 2. The van der Waals surface area contributed by atoms with Gasteiger partial charge in [-0.3, -0.25) is 14.5 Å². The lowest BCUT2D eigenvalue weighted by atomic mass is 9.77. The van der Waals surface area contributed by atoms with Crippen LogP contribution in [-0.4, -0.2) is 90.8 Å². The summed E-state index contributed by atoms with van der Waals surface area (Å²) in [4.78, 5) is 34.1. The highest BCUT2D eigenvalue weighted by atomic mass is 16.5. The topological polar surface area (TPSA) is 86.9 Å². The lowest BCUT2D eigenvalue weighted by molar-refractivity contribution is -0.137. The number of likely N-dealkylation sites (tertiary alicyclic amines) is 1. The van der Waals surface area contributed by atoms with Crippen LogP contribution in [0.25, 0.3) is 10.9 Å². The number of fused-ring (bicyclic) bond motifs is 2. The van der Waals surface area contributed by atoms with Crippen molar-refractivity contribution in [3.63, 3.8) is 0 Å². The number of rotatable bonds is 8. The van der Waals surface area contributed by atoms with E-state index in [0.29, 0.717) is 19.6 Å². The van der Waals surface area contributed by atoms with Crippen molar-refractivity contribution in [2.75, 3.05) is 52.5 Å². The Balaban J connectivity index is 1.07. The van der Waals surface area contributed by atoms with Gasteiger partial charge in [-0.25, -0.2) is 0 Å². The summed E-state index contributed by atoms with van der Waals surface area (Å²) in [5.41, 5.74) is 1.65. The van der Waals surface area contributed by atoms with E-state index in [2.05, 4.69) is 27.3 Å². The monoisotopic (exact) mass is 464 g/mol. The number of nitrogens with zero attached hydrogens (tertiary/aromatic N) is 2. The largest absolute Gasteiger partial charge is 0.379 e. The third-order valence-electron chi connectivity index (χ3n) is 7.86. The van der Waals surface area contributed by atoms with E-state index in [0.717, 1.165) is 51.2 Å². The minimum atomic E-state index is -0.655. The quantitative estimate of drug-likeness (QED) is 0.455. The average Bonchev–Trinajstić information content (AvgIpc) is 3.61. The predicted octanol–water partition coefficient (Wildman–Crippen LogP) is 1.33. The summed E-state index contributed by atoms with van der Waals surface area (Å²) in [7, 11) is 0. The van der Waals surface area contributed by atoms with Crippen LogP contribution in [0.5, 0.6) is 0 Å². The van der Waals surface area contributed by atoms with Crippen LogP contribution in [0, 0.1) is 11.8 Å². The first-order valence-corrected chi connectivity index (χ1v) is 12.4. The molecule has 4 aliphatic heterocycles. The van der Waals surface area contributed by atoms with E-state index in [-0.39, 0.29) is 17.9 Å². The number of amides is 2. The number of para-hydroxylation sites is 1. The van der Waals surface area contributed by atoms with E-state index in [1.165, 1.54) is 10.9 Å². The standard InChI is InChI=1S/C26H32N4O4/c31-24(27-9-3-10-29-12-14-33-15-13-29)22-21-6-8-26(34-21)17-30(25(32)23(22)26)11-7-18-16-28-20-5-2-1-4-19(18)20/h1-2,4-6,8,16,21-23,28H,3,7,9-15,17H2,(H,27,31)/t21-,22-,23-,26+/m1/s1. The van der Waals surface area contributed by atoms with Crippen molar-refractivity contribution < 1.29 is 19.1 Å². The zero-order valence-corrected chi connectivity index (χ0v) is 19.4. The number of ether oxygens (including phenoxy) is 2. The molecule has 8 heteroatoms. The van der Waals surface area contributed by atoms with Gasteiger partial charge in [0.1, 0.15) is 5.60 Å². The van der Waals surface area contributed by atoms with Crippen LogP contribution in [0.4, 0.5) is 0 Å². The number of morpholine rings is 1. The maximum Gasteiger partial charge on any atom is 0.230 e. The van der Waals surface area contributed by atoms with Gasteiger partial charge in [0.25, 0.3) is 0 Å². The zero-order chi connectivity index (χ0) is 23.1. The Labute approximate surface area is 199 Å². The highest BCUT2D eigenvalue weighted by Crippen LogP contribution is 2.51. The normalized spacial score (nSPS) is 30.4. The highest BCUT2D eigenvalue weighted by Gasteiger charge is 2.66. The summed E-state index contributed by atoms with van der Waals surface area (Å²) in [5, 5.41) is 4.28. The molecule has 5 heterocycles. The van der Waals surface area contributed by atoms with Crippen molar-refractivity contribution in [2.24, 2.45) is 11.8 Å². The van der Waals surface area contributed by atoms with Crippen LogP contribution < -0.4 is 5.32 Å². The van der Waals surface area contributed by atoms with Gasteiger partial charge in [-0.15, -0.1) is 0 Å². The summed E-state index contributed by atoms with van der Waals surface area (Å²) >= 11 is 0. The molecule has 2 amide bonds. The third-order valence-corrected chi connectivity index (χ3v) is 7.86. The average molecular weight is 465 g/mol. The molecule has 180 valence electrons. The Morgan fingerprint density at radius 1 is 1.21 bits per heavy atom. The number of hydrogen-bond donors (Lipinski definition) is 2. The second-order valence-corrected chi connectivity index (χ2v) is 9.87. The van der Waals surface area contributed by atoms with Gasteiger partial charge in [0.15, 0.2) is 0 Å². The third kappa shape index (κ3) is 3.74. The van der Waals surface area contributed by atoms with E-state index in [1.807, 2.05) is 35.4 Å². The minimum absolute atomic E-state index is 0.0418. The minimum Gasteiger partial charge on any atom is -0.379 e. The van der Waals surface area contributed by atoms with Gasteiger partial charge in [0.05, 0.1) is 37.7 Å². The van der Waals surface area contributed by atoms with Crippen LogP contribution >= 0.6 is 0 Å². The Morgan fingerprint density at radius 2 is 2.06 bits per heavy atom. The van der Waals surface area contributed by atoms with Gasteiger partial charge in [0, 0.05) is 43.3 Å². The molecule has 1 aromatic carbocycles. The van der Waals surface area contributed by atoms with Crippen molar-refractivity contribution in [2.45, 2.75) is 24.5 Å². The van der Waals surface area contributed by atoms with Gasteiger partial charge in [0.2, 0.25) is 11.8 Å². The fraction of sp³-hybridized carbons (Fsp3) is 0.538. The van der Waals surface area contributed by atoms with Crippen LogP contribution in [-0.2, 0) is 25.5 Å². The van der Waals surface area contributed by atoms with E-state index >= 15 is 0 Å². The lowest BCUT2D eigenvalue weighted by Gasteiger charge is -2.27. The second-order valence-electron chi connectivity index (χ2n) is 9.87. The summed E-state index contributed by atoms with van der Waals surface area (Å²) in [6.07, 6.45) is 7.38. The Morgan fingerprint density at radius 3 is 2.94 bits per heavy atom. The van der Waals surface area contributed by atoms with Crippen LogP contribution in [0.1, 0.15) is 12.0 Å². The molecule has 4 aliphatic rings. The summed E-state index contributed by atoms with van der Waals surface area (Å²) in [5.74, 6) is -0.890. The molecule has 0 saturated carbocycles. The first-order chi connectivity index (χ1) is 16.6. The zero-order valence-electron chi connectivity index (χ0n) is 19.4. The molecule has 34 heavy (non-hydrogen) atoms. The van der Waals surface area contributed by atoms with E-state index in [1.54, 1.807) is 0 Å². The fourth-order valence-corrected chi connectivity index (χ4v) is 6.12. The molecule has 6 rings (SSSR count). The molecule has 1 aromatic heterocycles. The van der Waals surface area contributed by atoms with Crippen molar-refractivity contribution >= 4 is 22.7 Å². The summed E-state index contributed by atoms with van der Waals surface area (Å²) < 4.78 is 11.7. The number of nitrogens with one attached hydrogen (secondary N) is 2. The molecule has 3 saturated heterocycles. The number of benzene rings is 1. The van der Waals surface area contributed by atoms with Crippen LogP contribution in [0.15, 0.2) is 42.6 Å². The van der Waals surface area contributed by atoms with Crippen molar-refractivity contribution in [1.29, 1.82) is 0 Å². The molecule has 0 radical (unpaired) electrons. The van der Waals surface area contributed by atoms with Gasteiger partial charge in [-0.05, 0) is 31.0 Å². The number of aromatic amines is 1. The van der Waals surface area contributed by atoms with Crippen molar-refractivity contribution in [3.8, 4) is 0 Å². The number of hydrogen-bond acceptors (Lipinski definition) is 5. The molecule has 2 bridgehead atoms. The number of H-pyrrole nitrogens is 1. The van der Waals surface area contributed by atoms with Crippen molar-refractivity contribution in [3.05, 3.63) is 48.2 Å². The predicted molar refractivity (Wildman–Crippen MR) is 127 cm³/mol. The molecule has 2 aromatic rings. The fourth-order valence-electron chi connectivity index (χ4n) is 6.12. The first kappa shape index (κ1) is 21.8. The smallest absolute Gasteiger partial charge is 0.230 e. The van der Waals surface area contributed by atoms with Crippen LogP contribution in [0.2, 0.25) is 0 Å². The first-order valence-electron chi connectivity index (χ1n) is 12.4. The number of aromatic nitrogens is 1. The van der Waals surface area contributed by atoms with Gasteiger partial charge in [-0.2, -0.15) is 0 Å². The molecule has 0 aliphatic carbocycles. The van der Waals surface area contributed by atoms with Crippen LogP contribution in [0.3, 0.4) is 0 Å². The van der Waals surface area contributed by atoms with Crippen molar-refractivity contribution in [1.82, 2.24) is 20.1 Å². The summed E-state index contributed by atoms with van der Waals surface area (Å²) in [6.45, 7) is 6.16. The Kier molecular flexibility index (Phi) is 5.67. The highest BCUT2D eigenvalue weighted by molar-refractivity contribution is 5.93. The molecule has 3 fully saturated rings.